The molecule has 0 aromatic heterocycles. The van der Waals surface area contributed by atoms with Crippen molar-refractivity contribution in [1.82, 2.24) is 16.0 Å². The van der Waals surface area contributed by atoms with E-state index in [2.05, 4.69) is 16.0 Å². The number of phenolic OH excluding ortho intramolecular Hbond substituents is 1. The molecule has 4 atom stereocenters. The van der Waals surface area contributed by atoms with E-state index in [1.54, 1.807) is 36.4 Å². The number of hydrogen-bond donors (Lipinski definition) is 6. The molecule has 0 bridgehead atoms. The summed E-state index contributed by atoms with van der Waals surface area (Å²) in [5.74, 6) is -4.22. The van der Waals surface area contributed by atoms with Gasteiger partial charge in [-0.25, -0.2) is 0 Å². The topological polar surface area (TPSA) is 188 Å². The van der Waals surface area contributed by atoms with Crippen molar-refractivity contribution in [1.29, 1.82) is 0 Å². The van der Waals surface area contributed by atoms with Gasteiger partial charge in [0.05, 0.1) is 18.6 Å². The summed E-state index contributed by atoms with van der Waals surface area (Å²) in [6.45, 7) is 5.05. The van der Waals surface area contributed by atoms with E-state index >= 15 is 0 Å². The SMILES string of the molecule is CCCCC(C(=O)O)C(=O)[C@H](Cc1ccccc1)NC(=O)CNC(=O)[C@@H](CCSC)NC(=O)[C@@H](N)Cc1c(C)cc(O)cc1C. The van der Waals surface area contributed by atoms with Gasteiger partial charge in [0.15, 0.2) is 5.78 Å². The van der Waals surface area contributed by atoms with Gasteiger partial charge < -0.3 is 31.9 Å². The van der Waals surface area contributed by atoms with E-state index in [9.17, 15) is 34.2 Å². The third-order valence-electron chi connectivity index (χ3n) is 7.56. The molecule has 12 heteroatoms. The molecule has 0 aliphatic carbocycles. The van der Waals surface area contributed by atoms with Gasteiger partial charge >= 0.3 is 5.97 Å². The zero-order valence-corrected chi connectivity index (χ0v) is 27.2. The molecule has 45 heavy (non-hydrogen) atoms. The van der Waals surface area contributed by atoms with E-state index in [1.807, 2.05) is 33.1 Å². The fourth-order valence-electron chi connectivity index (χ4n) is 5.04. The lowest BCUT2D eigenvalue weighted by molar-refractivity contribution is -0.148. The number of nitrogens with one attached hydrogen (secondary N) is 3. The van der Waals surface area contributed by atoms with Crippen LogP contribution in [0.3, 0.4) is 0 Å². The molecule has 2 aromatic carbocycles. The third kappa shape index (κ3) is 12.2. The van der Waals surface area contributed by atoms with Gasteiger partial charge in [-0.05, 0) is 85.9 Å². The molecule has 3 amide bonds. The van der Waals surface area contributed by atoms with Crippen LogP contribution in [0, 0.1) is 19.8 Å². The van der Waals surface area contributed by atoms with Gasteiger partial charge in [0.1, 0.15) is 17.7 Å². The number of thioether (sulfide) groups is 1. The summed E-state index contributed by atoms with van der Waals surface area (Å²) >= 11 is 1.49. The van der Waals surface area contributed by atoms with E-state index in [0.29, 0.717) is 18.6 Å². The summed E-state index contributed by atoms with van der Waals surface area (Å²) in [6.07, 6.45) is 3.88. The Bertz CT molecular complexity index is 1300. The lowest BCUT2D eigenvalue weighted by atomic mass is 9.90. The van der Waals surface area contributed by atoms with Crippen LogP contribution < -0.4 is 21.7 Å². The predicted molar refractivity (Wildman–Crippen MR) is 175 cm³/mol. The monoisotopic (exact) mass is 642 g/mol. The van der Waals surface area contributed by atoms with E-state index in [0.717, 1.165) is 22.3 Å². The zero-order valence-electron chi connectivity index (χ0n) is 26.4. The van der Waals surface area contributed by atoms with Crippen LogP contribution in [0.1, 0.15) is 54.9 Å². The molecule has 2 rings (SSSR count). The summed E-state index contributed by atoms with van der Waals surface area (Å²) in [6, 6.07) is 9.11. The number of benzene rings is 2. The van der Waals surface area contributed by atoms with Gasteiger partial charge in [-0.3, -0.25) is 24.0 Å². The van der Waals surface area contributed by atoms with Crippen LogP contribution in [0.15, 0.2) is 42.5 Å². The van der Waals surface area contributed by atoms with Crippen LogP contribution in [0.4, 0.5) is 0 Å². The Balaban J connectivity index is 2.09. The molecule has 11 nitrogen and oxygen atoms in total. The van der Waals surface area contributed by atoms with E-state index in [-0.39, 0.29) is 31.4 Å². The number of unbranched alkanes of at least 4 members (excludes halogenated alkanes) is 1. The molecule has 0 aliphatic heterocycles. The number of aryl methyl sites for hydroxylation is 2. The molecule has 0 saturated carbocycles. The fourth-order valence-corrected chi connectivity index (χ4v) is 5.51. The lowest BCUT2D eigenvalue weighted by Crippen LogP contribution is -2.54. The highest BCUT2D eigenvalue weighted by Gasteiger charge is 2.33. The minimum atomic E-state index is -1.27. The van der Waals surface area contributed by atoms with Crippen LogP contribution in [0.25, 0.3) is 0 Å². The summed E-state index contributed by atoms with van der Waals surface area (Å²) in [4.78, 5) is 64.3. The Morgan fingerprint density at radius 3 is 2.13 bits per heavy atom. The molecule has 0 spiro atoms. The summed E-state index contributed by atoms with van der Waals surface area (Å²) in [5.41, 5.74) is 9.36. The number of carbonyl (C=O) groups excluding carboxylic acids is 4. The van der Waals surface area contributed by atoms with Gasteiger partial charge in [-0.2, -0.15) is 11.8 Å². The Labute approximate surface area is 269 Å². The lowest BCUT2D eigenvalue weighted by Gasteiger charge is -2.23. The van der Waals surface area contributed by atoms with Crippen LogP contribution >= 0.6 is 11.8 Å². The number of carbonyl (C=O) groups is 5. The Morgan fingerprint density at radius 1 is 0.911 bits per heavy atom. The molecule has 2 aromatic rings. The van der Waals surface area contributed by atoms with Crippen molar-refractivity contribution < 1.29 is 34.2 Å². The number of Topliss-reactive ketones (excluding diaryl/α,β-unsaturated/α-hetero) is 1. The molecular formula is C33H46N4O7S. The van der Waals surface area contributed by atoms with Crippen LogP contribution in [0.5, 0.6) is 5.75 Å². The second kappa shape index (κ2) is 18.8. The second-order valence-corrected chi connectivity index (χ2v) is 12.2. The Kier molecular flexibility index (Phi) is 15.6. The third-order valence-corrected chi connectivity index (χ3v) is 8.20. The average Bonchev–Trinajstić information content (AvgIpc) is 2.99. The van der Waals surface area contributed by atoms with Crippen molar-refractivity contribution in [3.8, 4) is 5.75 Å². The maximum atomic E-state index is 13.3. The van der Waals surface area contributed by atoms with Gasteiger partial charge in [0, 0.05) is 0 Å². The van der Waals surface area contributed by atoms with Crippen molar-refractivity contribution in [2.45, 2.75) is 77.4 Å². The maximum absolute atomic E-state index is 13.3. The second-order valence-electron chi connectivity index (χ2n) is 11.2. The number of hydrogen-bond acceptors (Lipinski definition) is 8. The zero-order chi connectivity index (χ0) is 33.5. The van der Waals surface area contributed by atoms with E-state index in [1.165, 1.54) is 11.8 Å². The van der Waals surface area contributed by atoms with E-state index in [4.69, 9.17) is 5.73 Å². The fraction of sp³-hybridized carbons (Fsp3) is 0.485. The normalized spacial score (nSPS) is 13.6. The number of nitrogens with two attached hydrogens (primary N) is 1. The van der Waals surface area contributed by atoms with Gasteiger partial charge in [0.25, 0.3) is 0 Å². The molecule has 7 N–H and O–H groups in total. The number of rotatable bonds is 19. The Hall–Kier alpha value is -3.90. The highest BCUT2D eigenvalue weighted by molar-refractivity contribution is 7.98. The molecule has 0 radical (unpaired) electrons. The number of ketones is 1. The molecule has 246 valence electrons. The smallest absolute Gasteiger partial charge is 0.314 e. The highest BCUT2D eigenvalue weighted by Crippen LogP contribution is 2.22. The Morgan fingerprint density at radius 2 is 1.56 bits per heavy atom. The number of amides is 3. The maximum Gasteiger partial charge on any atom is 0.314 e. The minimum absolute atomic E-state index is 0.0968. The van der Waals surface area contributed by atoms with Gasteiger partial charge in [-0.1, -0.05) is 50.1 Å². The first-order valence-electron chi connectivity index (χ1n) is 15.1. The predicted octanol–water partition coefficient (Wildman–Crippen LogP) is 2.42. The molecular weight excluding hydrogens is 596 g/mol. The molecule has 1 unspecified atom stereocenters. The first-order valence-corrected chi connectivity index (χ1v) is 16.5. The van der Waals surface area contributed by atoms with Crippen LogP contribution in [0.2, 0.25) is 0 Å². The average molecular weight is 643 g/mol. The van der Waals surface area contributed by atoms with E-state index < -0.39 is 60.1 Å². The standard InChI is InChI=1S/C33H46N4O7S/c1-5-6-12-24(33(43)44)30(40)28(17-22-10-8-7-9-11-22)36-29(39)19-35-32(42)27(13-14-45-4)37-31(41)26(34)18-25-20(2)15-23(38)16-21(25)3/h7-11,15-16,24,26-28,38H,5-6,12-14,17-19,34H2,1-4H3,(H,35,42)(H,36,39)(H,37,41)(H,43,44)/t24?,26-,27+,28-/m0/s1. The van der Waals surface area contributed by atoms with Gasteiger partial charge in [0.2, 0.25) is 17.7 Å². The largest absolute Gasteiger partial charge is 0.508 e. The number of aliphatic carboxylic acids is 1. The summed E-state index contributed by atoms with van der Waals surface area (Å²) in [7, 11) is 0. The van der Waals surface area contributed by atoms with Gasteiger partial charge in [-0.15, -0.1) is 0 Å². The minimum Gasteiger partial charge on any atom is -0.508 e. The number of carboxylic acid groups (broad SMARTS) is 1. The van der Waals surface area contributed by atoms with Crippen molar-refractivity contribution in [2.24, 2.45) is 11.7 Å². The molecule has 0 saturated heterocycles. The van der Waals surface area contributed by atoms with Crippen molar-refractivity contribution in [3.05, 3.63) is 64.7 Å². The van der Waals surface area contributed by atoms with Crippen molar-refractivity contribution in [2.75, 3.05) is 18.6 Å². The molecule has 0 heterocycles. The summed E-state index contributed by atoms with van der Waals surface area (Å²) in [5, 5.41) is 27.4. The number of aromatic hydroxyl groups is 1. The molecule has 0 fully saturated rings. The quantitative estimate of drug-likeness (QED) is 0.125. The number of carboxylic acids is 1. The number of phenols is 1. The molecule has 0 aliphatic rings. The van der Waals surface area contributed by atoms with Crippen molar-refractivity contribution >= 4 is 41.2 Å². The summed E-state index contributed by atoms with van der Waals surface area (Å²) < 4.78 is 0. The van der Waals surface area contributed by atoms with Crippen LogP contribution in [-0.2, 0) is 36.8 Å². The first-order chi connectivity index (χ1) is 21.4. The van der Waals surface area contributed by atoms with Crippen molar-refractivity contribution in [3.63, 3.8) is 0 Å². The first kappa shape index (κ1) is 37.3. The van der Waals surface area contributed by atoms with Crippen LogP contribution in [-0.4, -0.2) is 76.4 Å². The highest BCUT2D eigenvalue weighted by atomic mass is 32.2.